The van der Waals surface area contributed by atoms with Crippen molar-refractivity contribution in [3.05, 3.63) is 0 Å². The van der Waals surface area contributed by atoms with Gasteiger partial charge in [-0.05, 0) is 0 Å². The van der Waals surface area contributed by atoms with E-state index in [1.165, 1.54) is 0 Å². The van der Waals surface area contributed by atoms with Gasteiger partial charge in [0, 0.05) is 95.0 Å². The summed E-state index contributed by atoms with van der Waals surface area (Å²) in [4.78, 5) is 0. The predicted octanol–water partition coefficient (Wildman–Crippen LogP) is -1.14. The van der Waals surface area contributed by atoms with Gasteiger partial charge in [-0.1, -0.05) is 0 Å². The van der Waals surface area contributed by atoms with Gasteiger partial charge in [0.25, 0.3) is 0 Å². The molecule has 0 N–H and O–H groups in total. The molecule has 0 aliphatic heterocycles. The Balaban J connectivity index is 0. The van der Waals surface area contributed by atoms with E-state index >= 15 is 0 Å². The molecule has 0 fully saturated rings. The van der Waals surface area contributed by atoms with Crippen molar-refractivity contribution in [1.82, 2.24) is 0 Å². The summed E-state index contributed by atoms with van der Waals surface area (Å²) in [7, 11) is 0. The quantitative estimate of drug-likeness (QED) is 0.441. The Kier molecular flexibility index (Phi) is 111. The van der Waals surface area contributed by atoms with Crippen molar-refractivity contribution in [2.24, 2.45) is 0 Å². The first-order chi connectivity index (χ1) is 0. The van der Waals surface area contributed by atoms with E-state index in [1.807, 2.05) is 0 Å². The minimum Gasteiger partial charge on any atom is 0 e. The standard InChI is InChI=1S/3Sb.Ti. The summed E-state index contributed by atoms with van der Waals surface area (Å²) in [6.45, 7) is 0. The molecule has 9 radical (unpaired) electrons. The summed E-state index contributed by atoms with van der Waals surface area (Å²) in [6.07, 6.45) is 0. The minimum atomic E-state index is 0. The van der Waals surface area contributed by atoms with Crippen LogP contribution in [0, 0.1) is 0 Å². The molecule has 0 rings (SSSR count). The van der Waals surface area contributed by atoms with E-state index in [9.17, 15) is 0 Å². The molecule has 0 aliphatic rings. The minimum absolute atomic E-state index is 0. The molecule has 0 unspecified atom stereocenters. The molecule has 0 aromatic rings. The Bertz CT molecular complexity index is 3.25. The molecule has 0 bridgehead atoms. The zero-order chi connectivity index (χ0) is 0. The summed E-state index contributed by atoms with van der Waals surface area (Å²) in [5.74, 6) is 0. The Labute approximate surface area is 93.1 Å². The largest absolute Gasteiger partial charge is 0 e. The van der Waals surface area contributed by atoms with Gasteiger partial charge in [-0.15, -0.1) is 0 Å². The molecular formula is Sb3Ti. The molecule has 0 spiro atoms. The van der Waals surface area contributed by atoms with Crippen molar-refractivity contribution in [1.29, 1.82) is 0 Å². The van der Waals surface area contributed by atoms with Gasteiger partial charge in [0.15, 0.2) is 0 Å². The average Bonchev–Trinajstić information content (AvgIpc) is 0. The Hall–Kier alpha value is 3.17. The first-order valence-electron chi connectivity index (χ1n) is 0. The van der Waals surface area contributed by atoms with Gasteiger partial charge in [-0.2, -0.15) is 0 Å². The maximum atomic E-state index is 0. The van der Waals surface area contributed by atoms with Crippen LogP contribution >= 0.6 is 0 Å². The first kappa shape index (κ1) is 27.2. The second kappa shape index (κ2) is 16.4. The maximum Gasteiger partial charge on any atom is 0 e. The molecule has 0 saturated carbocycles. The molecule has 0 aromatic carbocycles. The third kappa shape index (κ3) is 8.95. The third-order valence-electron chi connectivity index (χ3n) is 0. The van der Waals surface area contributed by atoms with Crippen LogP contribution in [-0.2, 0) is 21.7 Å². The van der Waals surface area contributed by atoms with Crippen molar-refractivity contribution in [2.45, 2.75) is 0 Å². The number of rotatable bonds is 0. The second-order valence-corrected chi connectivity index (χ2v) is 0. The topological polar surface area (TPSA) is 0 Å². The fourth-order valence-corrected chi connectivity index (χ4v) is 0. The molecule has 0 heterocycles. The Morgan fingerprint density at radius 1 is 0.500 bits per heavy atom. The van der Waals surface area contributed by atoms with Gasteiger partial charge < -0.3 is 0 Å². The monoisotopic (exact) mass is 411 g/mol. The Morgan fingerprint density at radius 3 is 0.500 bits per heavy atom. The summed E-state index contributed by atoms with van der Waals surface area (Å²) in [6, 6.07) is 0. The van der Waals surface area contributed by atoms with Gasteiger partial charge in [-0.25, -0.2) is 0 Å². The number of hydrogen-bond acceptors (Lipinski definition) is 0. The van der Waals surface area contributed by atoms with Crippen LogP contribution in [0.5, 0.6) is 0 Å². The van der Waals surface area contributed by atoms with Crippen molar-refractivity contribution < 1.29 is 21.7 Å². The third-order valence-corrected chi connectivity index (χ3v) is 0. The molecule has 4 heteroatoms. The maximum absolute atomic E-state index is 0. The predicted molar refractivity (Wildman–Crippen MR) is 17.3 cm³/mol. The van der Waals surface area contributed by atoms with Gasteiger partial charge in [-0.3, -0.25) is 0 Å². The fraction of sp³-hybridized carbons (Fsp3) is 0. The molecule has 0 aromatic heterocycles. The molecule has 0 atom stereocenters. The summed E-state index contributed by atoms with van der Waals surface area (Å²) < 4.78 is 0. The van der Waals surface area contributed by atoms with Gasteiger partial charge in [0.05, 0.1) is 0 Å². The zero-order valence-corrected chi connectivity index (χ0v) is 11.1. The molecule has 0 nitrogen and oxygen atoms in total. The first-order valence-corrected chi connectivity index (χ1v) is 0. The van der Waals surface area contributed by atoms with Crippen LogP contribution in [0.3, 0.4) is 0 Å². The van der Waals surface area contributed by atoms with Gasteiger partial charge in [0.2, 0.25) is 0 Å². The summed E-state index contributed by atoms with van der Waals surface area (Å²) in [5.41, 5.74) is 0. The van der Waals surface area contributed by atoms with Crippen LogP contribution < -0.4 is 0 Å². The smallest absolute Gasteiger partial charge is 0 e. The van der Waals surface area contributed by atoms with E-state index in [1.54, 1.807) is 0 Å². The van der Waals surface area contributed by atoms with Crippen molar-refractivity contribution in [2.75, 3.05) is 0 Å². The molecule has 4 heavy (non-hydrogen) atoms. The SMILES string of the molecule is [Sb].[Sb].[Sb].[Ti]. The van der Waals surface area contributed by atoms with Crippen molar-refractivity contribution >= 4 is 73.3 Å². The summed E-state index contributed by atoms with van der Waals surface area (Å²) in [5, 5.41) is 0. The molecule has 19 valence electrons. The molecular weight excluding hydrogens is 413 g/mol. The van der Waals surface area contributed by atoms with E-state index in [0.29, 0.717) is 0 Å². The van der Waals surface area contributed by atoms with Crippen LogP contribution in [-0.4, -0.2) is 73.3 Å². The van der Waals surface area contributed by atoms with E-state index < -0.39 is 0 Å². The van der Waals surface area contributed by atoms with E-state index in [4.69, 9.17) is 0 Å². The molecule has 0 saturated heterocycles. The van der Waals surface area contributed by atoms with Crippen LogP contribution in [0.15, 0.2) is 0 Å². The van der Waals surface area contributed by atoms with Crippen LogP contribution in [0.1, 0.15) is 0 Å². The Morgan fingerprint density at radius 2 is 0.500 bits per heavy atom. The van der Waals surface area contributed by atoms with E-state index in [2.05, 4.69) is 0 Å². The van der Waals surface area contributed by atoms with Gasteiger partial charge in [0.1, 0.15) is 0 Å². The van der Waals surface area contributed by atoms with E-state index in [0.717, 1.165) is 0 Å². The molecule has 0 aliphatic carbocycles. The van der Waals surface area contributed by atoms with Crippen molar-refractivity contribution in [3.63, 3.8) is 0 Å². The van der Waals surface area contributed by atoms with E-state index in [-0.39, 0.29) is 95.0 Å². The van der Waals surface area contributed by atoms with Crippen LogP contribution in [0.2, 0.25) is 0 Å². The zero-order valence-electron chi connectivity index (χ0n) is 1.84. The normalized spacial score (nSPS) is 0. The summed E-state index contributed by atoms with van der Waals surface area (Å²) >= 11 is 0. The number of hydrogen-bond donors (Lipinski definition) is 0. The van der Waals surface area contributed by atoms with Crippen molar-refractivity contribution in [3.8, 4) is 0 Å². The molecule has 0 amide bonds. The van der Waals surface area contributed by atoms with Crippen LogP contribution in [0.4, 0.5) is 0 Å². The van der Waals surface area contributed by atoms with Gasteiger partial charge >= 0.3 is 0 Å². The second-order valence-electron chi connectivity index (χ2n) is 0. The van der Waals surface area contributed by atoms with Crippen LogP contribution in [0.25, 0.3) is 0 Å². The fourth-order valence-electron chi connectivity index (χ4n) is 0. The average molecular weight is 413 g/mol.